The van der Waals surface area contributed by atoms with Gasteiger partial charge in [-0.1, -0.05) is 60.7 Å². The van der Waals surface area contributed by atoms with Crippen LogP contribution in [0.1, 0.15) is 30.6 Å². The topological polar surface area (TPSA) is 32.3 Å². The molecule has 0 radical (unpaired) electrons. The van der Waals surface area contributed by atoms with Crippen LogP contribution in [-0.2, 0) is 6.54 Å². The summed E-state index contributed by atoms with van der Waals surface area (Å²) in [6, 6.07) is 20.4. The molecule has 2 N–H and O–H groups in total. The van der Waals surface area contributed by atoms with Crippen molar-refractivity contribution >= 4 is 0 Å². The molecule has 2 aromatic carbocycles. The molecule has 0 aliphatic heterocycles. The van der Waals surface area contributed by atoms with Crippen LogP contribution >= 0.6 is 0 Å². The second kappa shape index (κ2) is 7.07. The minimum atomic E-state index is -0.403. The van der Waals surface area contributed by atoms with Crippen molar-refractivity contribution < 1.29 is 5.11 Å². The molecule has 2 aromatic rings. The van der Waals surface area contributed by atoms with Gasteiger partial charge in [0.1, 0.15) is 0 Å². The van der Waals surface area contributed by atoms with Gasteiger partial charge in [0.25, 0.3) is 0 Å². The maximum absolute atomic E-state index is 10.1. The molecule has 2 rings (SSSR count). The quantitative estimate of drug-likeness (QED) is 0.830. The number of aliphatic hydroxyl groups is 1. The smallest absolute Gasteiger partial charge is 0.0804 e. The van der Waals surface area contributed by atoms with E-state index in [1.807, 2.05) is 48.5 Å². The zero-order valence-corrected chi connectivity index (χ0v) is 11.3. The van der Waals surface area contributed by atoms with E-state index in [1.54, 1.807) is 0 Å². The molecule has 0 aromatic heterocycles. The lowest BCUT2D eigenvalue weighted by atomic mass is 10.0. The molecule has 2 atom stereocenters. The van der Waals surface area contributed by atoms with E-state index in [-0.39, 0.29) is 6.04 Å². The molecule has 0 heterocycles. The van der Waals surface area contributed by atoms with Crippen LogP contribution in [0.3, 0.4) is 0 Å². The van der Waals surface area contributed by atoms with Crippen LogP contribution in [-0.4, -0.2) is 11.1 Å². The Bertz CT molecular complexity index is 469. The van der Waals surface area contributed by atoms with Gasteiger partial charge >= 0.3 is 0 Å². The first-order valence-corrected chi connectivity index (χ1v) is 6.76. The fourth-order valence-corrected chi connectivity index (χ4v) is 2.12. The molecule has 0 amide bonds. The lowest BCUT2D eigenvalue weighted by molar-refractivity contribution is 0.154. The van der Waals surface area contributed by atoms with Gasteiger partial charge in [0.2, 0.25) is 0 Å². The number of aliphatic hydroxyl groups excluding tert-OH is 1. The van der Waals surface area contributed by atoms with E-state index in [2.05, 4.69) is 24.4 Å². The van der Waals surface area contributed by atoms with Gasteiger partial charge in [0.05, 0.1) is 6.10 Å². The van der Waals surface area contributed by atoms with E-state index in [9.17, 15) is 5.11 Å². The van der Waals surface area contributed by atoms with Gasteiger partial charge in [-0.2, -0.15) is 0 Å². The highest BCUT2D eigenvalue weighted by Crippen LogP contribution is 2.17. The maximum atomic E-state index is 10.1. The summed E-state index contributed by atoms with van der Waals surface area (Å²) < 4.78 is 0. The van der Waals surface area contributed by atoms with Gasteiger partial charge in [-0.05, 0) is 24.5 Å². The standard InChI is InChI=1S/C17H21NO/c1-14(18-13-15-8-4-2-5-9-15)12-17(19)16-10-6-3-7-11-16/h2-11,14,17-19H,12-13H2,1H3/t14-,17+/m1/s1. The van der Waals surface area contributed by atoms with Crippen molar-refractivity contribution in [3.8, 4) is 0 Å². The summed E-state index contributed by atoms with van der Waals surface area (Å²) in [7, 11) is 0. The van der Waals surface area contributed by atoms with Crippen LogP contribution in [0.5, 0.6) is 0 Å². The van der Waals surface area contributed by atoms with Crippen molar-refractivity contribution in [3.63, 3.8) is 0 Å². The molecule has 0 saturated carbocycles. The zero-order valence-electron chi connectivity index (χ0n) is 11.3. The van der Waals surface area contributed by atoms with Gasteiger partial charge in [0.15, 0.2) is 0 Å². The minimum absolute atomic E-state index is 0.274. The fraction of sp³-hybridized carbons (Fsp3) is 0.294. The summed E-state index contributed by atoms with van der Waals surface area (Å²) in [6.07, 6.45) is 0.316. The molecule has 2 heteroatoms. The molecule has 0 aliphatic carbocycles. The second-order valence-electron chi connectivity index (χ2n) is 4.93. The highest BCUT2D eigenvalue weighted by Gasteiger charge is 2.11. The Morgan fingerprint density at radius 1 is 0.947 bits per heavy atom. The van der Waals surface area contributed by atoms with Crippen LogP contribution in [0.4, 0.5) is 0 Å². The summed E-state index contributed by atoms with van der Waals surface area (Å²) in [5.41, 5.74) is 2.25. The molecule has 100 valence electrons. The summed E-state index contributed by atoms with van der Waals surface area (Å²) in [6.45, 7) is 2.94. The molecule has 19 heavy (non-hydrogen) atoms. The maximum Gasteiger partial charge on any atom is 0.0804 e. The largest absolute Gasteiger partial charge is 0.388 e. The fourth-order valence-electron chi connectivity index (χ4n) is 2.12. The molecule has 0 bridgehead atoms. The Labute approximate surface area is 115 Å². The van der Waals surface area contributed by atoms with Crippen LogP contribution < -0.4 is 5.32 Å². The van der Waals surface area contributed by atoms with Crippen LogP contribution in [0.15, 0.2) is 60.7 Å². The highest BCUT2D eigenvalue weighted by molar-refractivity contribution is 5.17. The summed E-state index contributed by atoms with van der Waals surface area (Å²) >= 11 is 0. The molecule has 0 unspecified atom stereocenters. The average molecular weight is 255 g/mol. The van der Waals surface area contributed by atoms with E-state index >= 15 is 0 Å². The Morgan fingerprint density at radius 3 is 2.16 bits per heavy atom. The minimum Gasteiger partial charge on any atom is -0.388 e. The summed E-state index contributed by atoms with van der Waals surface area (Å²) in [5.74, 6) is 0. The van der Waals surface area contributed by atoms with Crippen molar-refractivity contribution in [2.45, 2.75) is 32.0 Å². The average Bonchev–Trinajstić information content (AvgIpc) is 2.47. The third-order valence-electron chi connectivity index (χ3n) is 3.26. The van der Waals surface area contributed by atoms with Crippen LogP contribution in [0, 0.1) is 0 Å². The number of hydrogen-bond donors (Lipinski definition) is 2. The van der Waals surface area contributed by atoms with Gasteiger partial charge in [-0.3, -0.25) is 0 Å². The number of benzene rings is 2. The van der Waals surface area contributed by atoms with E-state index < -0.39 is 6.10 Å². The lowest BCUT2D eigenvalue weighted by Crippen LogP contribution is -2.27. The molecule has 0 fully saturated rings. The number of nitrogens with one attached hydrogen (secondary N) is 1. The Morgan fingerprint density at radius 2 is 1.53 bits per heavy atom. The first-order valence-electron chi connectivity index (χ1n) is 6.76. The van der Waals surface area contributed by atoms with Gasteiger partial charge in [-0.25, -0.2) is 0 Å². The number of rotatable bonds is 6. The van der Waals surface area contributed by atoms with E-state index in [0.29, 0.717) is 0 Å². The normalized spacial score (nSPS) is 14.0. The lowest BCUT2D eigenvalue weighted by Gasteiger charge is -2.18. The molecular formula is C17H21NO. The molecule has 0 saturated heterocycles. The second-order valence-corrected chi connectivity index (χ2v) is 4.93. The van der Waals surface area contributed by atoms with Crippen molar-refractivity contribution in [2.75, 3.05) is 0 Å². The first kappa shape index (κ1) is 13.8. The Balaban J connectivity index is 1.80. The Kier molecular flexibility index (Phi) is 5.13. The Hall–Kier alpha value is -1.64. The molecule has 0 aliphatic rings. The van der Waals surface area contributed by atoms with Crippen molar-refractivity contribution in [3.05, 3.63) is 71.8 Å². The third kappa shape index (κ3) is 4.51. The summed E-state index contributed by atoms with van der Waals surface area (Å²) in [5, 5.41) is 13.6. The highest BCUT2D eigenvalue weighted by atomic mass is 16.3. The van der Waals surface area contributed by atoms with Crippen LogP contribution in [0.2, 0.25) is 0 Å². The molecule has 0 spiro atoms. The van der Waals surface area contributed by atoms with Gasteiger partial charge < -0.3 is 10.4 Å². The monoisotopic (exact) mass is 255 g/mol. The van der Waals surface area contributed by atoms with Crippen molar-refractivity contribution in [2.24, 2.45) is 0 Å². The zero-order chi connectivity index (χ0) is 13.5. The SMILES string of the molecule is C[C@H](C[C@H](O)c1ccccc1)NCc1ccccc1. The predicted molar refractivity (Wildman–Crippen MR) is 78.8 cm³/mol. The molecule has 2 nitrogen and oxygen atoms in total. The number of hydrogen-bond acceptors (Lipinski definition) is 2. The van der Waals surface area contributed by atoms with Crippen LogP contribution in [0.25, 0.3) is 0 Å². The summed E-state index contributed by atoms with van der Waals surface area (Å²) in [4.78, 5) is 0. The molecular weight excluding hydrogens is 234 g/mol. The van der Waals surface area contributed by atoms with E-state index in [1.165, 1.54) is 5.56 Å². The first-order chi connectivity index (χ1) is 9.25. The van der Waals surface area contributed by atoms with Gasteiger partial charge in [0, 0.05) is 12.6 Å². The van der Waals surface area contributed by atoms with Crippen molar-refractivity contribution in [1.82, 2.24) is 5.32 Å². The third-order valence-corrected chi connectivity index (χ3v) is 3.26. The van der Waals surface area contributed by atoms with Gasteiger partial charge in [-0.15, -0.1) is 0 Å². The van der Waals surface area contributed by atoms with Crippen molar-refractivity contribution in [1.29, 1.82) is 0 Å². The van der Waals surface area contributed by atoms with E-state index in [4.69, 9.17) is 0 Å². The van der Waals surface area contributed by atoms with E-state index in [0.717, 1.165) is 18.5 Å². The predicted octanol–water partition coefficient (Wildman–Crippen LogP) is 3.29.